The Balaban J connectivity index is 2.89. The number of aliphatic hydroxyl groups is 1. The molecule has 0 aliphatic carbocycles. The summed E-state index contributed by atoms with van der Waals surface area (Å²) in [5.41, 5.74) is -0.197. The number of alkyl halides is 5. The zero-order chi connectivity index (χ0) is 21.9. The van der Waals surface area contributed by atoms with Crippen molar-refractivity contribution >= 4 is 9.84 Å². The summed E-state index contributed by atoms with van der Waals surface area (Å²) in [6, 6.07) is 12.6. The molecule has 0 heterocycles. The Hall–Kier alpha value is -2.46. The number of allylic oxidation sites excluding steroid dienone is 1. The number of hydrogen-bond acceptors (Lipinski definition) is 4. The largest absolute Gasteiger partial charge is 0.491 e. The summed E-state index contributed by atoms with van der Waals surface area (Å²) in [6.45, 7) is 0.435. The van der Waals surface area contributed by atoms with Gasteiger partial charge in [-0.1, -0.05) is 48.5 Å². The van der Waals surface area contributed by atoms with Crippen LogP contribution in [0.15, 0.2) is 76.2 Å². The quantitative estimate of drug-likeness (QED) is 0.508. The molecule has 0 aliphatic rings. The predicted molar refractivity (Wildman–Crippen MR) is 94.7 cm³/mol. The van der Waals surface area contributed by atoms with Crippen LogP contribution in [0.1, 0.15) is 18.6 Å². The van der Waals surface area contributed by atoms with Crippen LogP contribution in [-0.4, -0.2) is 32.2 Å². The van der Waals surface area contributed by atoms with Crippen LogP contribution in [0.25, 0.3) is 0 Å². The monoisotopic (exact) mass is 436 g/mol. The van der Waals surface area contributed by atoms with Gasteiger partial charge >= 0.3 is 12.1 Å². The molecule has 29 heavy (non-hydrogen) atoms. The van der Waals surface area contributed by atoms with Crippen molar-refractivity contribution in [2.45, 2.75) is 30.0 Å². The molecule has 10 heteroatoms. The first-order valence-corrected chi connectivity index (χ1v) is 9.78. The van der Waals surface area contributed by atoms with E-state index in [4.69, 9.17) is 0 Å². The lowest BCUT2D eigenvalue weighted by atomic mass is 10.1. The van der Waals surface area contributed by atoms with Gasteiger partial charge in [-0.3, -0.25) is 0 Å². The molecule has 2 rings (SSSR count). The molecule has 0 aromatic heterocycles. The normalized spacial score (nSPS) is 14.9. The summed E-state index contributed by atoms with van der Waals surface area (Å²) in [6.07, 6.45) is -8.47. The lowest BCUT2D eigenvalue weighted by Crippen LogP contribution is -2.41. The Kier molecular flexibility index (Phi) is 6.69. The first-order chi connectivity index (χ1) is 13.4. The Morgan fingerprint density at radius 2 is 1.45 bits per heavy atom. The van der Waals surface area contributed by atoms with Gasteiger partial charge in [-0.25, -0.2) is 8.42 Å². The Morgan fingerprint density at radius 1 is 0.966 bits per heavy atom. The van der Waals surface area contributed by atoms with Crippen molar-refractivity contribution in [3.05, 3.63) is 76.9 Å². The molecule has 0 bridgehead atoms. The molecule has 0 saturated heterocycles. The molecular weight excluding hydrogens is 419 g/mol. The second-order valence-corrected chi connectivity index (χ2v) is 7.75. The van der Waals surface area contributed by atoms with Gasteiger partial charge in [-0.2, -0.15) is 22.0 Å². The second-order valence-electron chi connectivity index (χ2n) is 5.83. The lowest BCUT2D eigenvalue weighted by Gasteiger charge is -2.27. The average Bonchev–Trinajstić information content (AvgIpc) is 2.67. The number of aliphatic hydroxyl groups excluding tert-OH is 1. The molecule has 0 saturated carbocycles. The highest BCUT2D eigenvalue weighted by Crippen LogP contribution is 2.46. The van der Waals surface area contributed by atoms with Crippen molar-refractivity contribution in [1.29, 1.82) is 0 Å². The summed E-state index contributed by atoms with van der Waals surface area (Å²) in [4.78, 5) is -2.14. The summed E-state index contributed by atoms with van der Waals surface area (Å²) in [5.74, 6) is -7.82. The fourth-order valence-corrected chi connectivity index (χ4v) is 4.13. The Morgan fingerprint density at radius 3 is 1.90 bits per heavy atom. The van der Waals surface area contributed by atoms with E-state index in [2.05, 4.69) is 4.74 Å². The van der Waals surface area contributed by atoms with E-state index in [0.29, 0.717) is 0 Å². The van der Waals surface area contributed by atoms with Crippen LogP contribution >= 0.6 is 0 Å². The maximum Gasteiger partial charge on any atom is 0.461 e. The average molecular weight is 436 g/mol. The molecule has 158 valence electrons. The van der Waals surface area contributed by atoms with E-state index in [1.54, 1.807) is 0 Å². The molecule has 0 amide bonds. The molecule has 4 nitrogen and oxygen atoms in total. The Bertz CT molecular complexity index is 955. The molecule has 0 fully saturated rings. The number of hydrogen-bond donors (Lipinski definition) is 1. The first kappa shape index (κ1) is 22.8. The summed E-state index contributed by atoms with van der Waals surface area (Å²) < 4.78 is 98.4. The minimum absolute atomic E-state index is 0.197. The third-order valence-corrected chi connectivity index (χ3v) is 5.74. The lowest BCUT2D eigenvalue weighted by molar-refractivity contribution is -0.277. The van der Waals surface area contributed by atoms with Crippen molar-refractivity contribution < 1.29 is 40.2 Å². The minimum atomic E-state index is -6.15. The van der Waals surface area contributed by atoms with Crippen molar-refractivity contribution in [3.63, 3.8) is 0 Å². The molecule has 1 unspecified atom stereocenters. The number of halogens is 5. The number of ether oxygens (including phenoxy) is 1. The van der Waals surface area contributed by atoms with E-state index < -0.39 is 50.2 Å². The van der Waals surface area contributed by atoms with E-state index in [-0.39, 0.29) is 5.56 Å². The zero-order valence-electron chi connectivity index (χ0n) is 15.0. The van der Waals surface area contributed by atoms with Crippen molar-refractivity contribution in [2.24, 2.45) is 0 Å². The van der Waals surface area contributed by atoms with Gasteiger partial charge in [0.15, 0.2) is 5.76 Å². The van der Waals surface area contributed by atoms with E-state index in [1.807, 2.05) is 0 Å². The fraction of sp³-hybridized carbons (Fsp3) is 0.263. The highest BCUT2D eigenvalue weighted by atomic mass is 32.2. The Labute approximate surface area is 164 Å². The second kappa shape index (κ2) is 8.50. The van der Waals surface area contributed by atoms with Gasteiger partial charge in [0, 0.05) is 0 Å². The van der Waals surface area contributed by atoms with Crippen LogP contribution in [0.3, 0.4) is 0 Å². The predicted octanol–water partition coefficient (Wildman–Crippen LogP) is 4.64. The van der Waals surface area contributed by atoms with Crippen LogP contribution in [0.5, 0.6) is 0 Å². The molecule has 0 aliphatic heterocycles. The summed E-state index contributed by atoms with van der Waals surface area (Å²) >= 11 is 0. The molecule has 1 atom stereocenters. The van der Waals surface area contributed by atoms with Crippen molar-refractivity contribution in [1.82, 2.24) is 0 Å². The molecule has 0 radical (unpaired) electrons. The van der Waals surface area contributed by atoms with Gasteiger partial charge in [-0.05, 0) is 24.6 Å². The van der Waals surface area contributed by atoms with Gasteiger partial charge in [0.05, 0.1) is 11.5 Å². The third kappa shape index (κ3) is 4.59. The summed E-state index contributed by atoms with van der Waals surface area (Å²) in [5, 5.41) is 10.6. The third-order valence-electron chi connectivity index (χ3n) is 3.86. The van der Waals surface area contributed by atoms with Crippen LogP contribution in [0, 0.1) is 0 Å². The van der Waals surface area contributed by atoms with Crippen LogP contribution in [-0.2, 0) is 14.6 Å². The number of benzene rings is 2. The SMILES string of the molecule is CCO/C(=C(\C(O)c1ccccc1)S(=O)(=O)c1ccccc1)C(F)(F)C(F)(F)F. The maximum atomic E-state index is 14.3. The van der Waals surface area contributed by atoms with E-state index >= 15 is 0 Å². The summed E-state index contributed by atoms with van der Waals surface area (Å²) in [7, 11) is -4.99. The van der Waals surface area contributed by atoms with Crippen molar-refractivity contribution in [2.75, 3.05) is 6.61 Å². The molecular formula is C19H17F5O4S. The van der Waals surface area contributed by atoms with E-state index in [9.17, 15) is 35.5 Å². The molecule has 1 N–H and O–H groups in total. The van der Waals surface area contributed by atoms with Crippen molar-refractivity contribution in [3.8, 4) is 0 Å². The first-order valence-electron chi connectivity index (χ1n) is 8.29. The fourth-order valence-electron chi connectivity index (χ4n) is 2.50. The molecule has 0 spiro atoms. The van der Waals surface area contributed by atoms with Crippen LogP contribution < -0.4 is 0 Å². The van der Waals surface area contributed by atoms with Gasteiger partial charge in [-0.15, -0.1) is 0 Å². The smallest absolute Gasteiger partial charge is 0.461 e. The van der Waals surface area contributed by atoms with E-state index in [1.165, 1.54) is 48.5 Å². The maximum absolute atomic E-state index is 14.3. The number of sulfone groups is 1. The van der Waals surface area contributed by atoms with Gasteiger partial charge in [0.1, 0.15) is 11.0 Å². The van der Waals surface area contributed by atoms with Gasteiger partial charge < -0.3 is 9.84 Å². The highest BCUT2D eigenvalue weighted by Gasteiger charge is 2.63. The zero-order valence-corrected chi connectivity index (χ0v) is 15.8. The standard InChI is InChI=1S/C19H17F5O4S/c1-2-28-17(18(20,21)19(22,23)24)16(15(25)13-9-5-3-6-10-13)29(26,27)14-11-7-4-8-12-14/h3-12,15,25H,2H2,1H3/b17-16+. The topological polar surface area (TPSA) is 63.6 Å². The van der Waals surface area contributed by atoms with Crippen LogP contribution in [0.2, 0.25) is 0 Å². The van der Waals surface area contributed by atoms with Gasteiger partial charge in [0.2, 0.25) is 9.84 Å². The van der Waals surface area contributed by atoms with E-state index in [0.717, 1.165) is 19.1 Å². The minimum Gasteiger partial charge on any atom is -0.491 e. The molecule has 2 aromatic carbocycles. The highest BCUT2D eigenvalue weighted by molar-refractivity contribution is 7.95. The number of rotatable bonds is 7. The van der Waals surface area contributed by atoms with Crippen LogP contribution in [0.4, 0.5) is 22.0 Å². The molecule has 2 aromatic rings. The van der Waals surface area contributed by atoms with Gasteiger partial charge in [0.25, 0.3) is 0 Å².